The normalized spacial score (nSPS) is 39.3. The molecule has 32 heavy (non-hydrogen) atoms. The van der Waals surface area contributed by atoms with Crippen molar-refractivity contribution in [2.24, 2.45) is 46.3 Å². The fourth-order valence-corrected chi connectivity index (χ4v) is 7.27. The molecular formula is C30H56OS. The highest BCUT2D eigenvalue weighted by molar-refractivity contribution is 7.59. The molecule has 0 bridgehead atoms. The number of methoxy groups -OCH3 is 1. The van der Waals surface area contributed by atoms with Gasteiger partial charge in [0.25, 0.3) is 0 Å². The van der Waals surface area contributed by atoms with Gasteiger partial charge in [0.05, 0.1) is 6.10 Å². The summed E-state index contributed by atoms with van der Waals surface area (Å²) in [6, 6.07) is 0. The molecule has 3 rings (SSSR count). The third-order valence-electron chi connectivity index (χ3n) is 10.2. The van der Waals surface area contributed by atoms with Gasteiger partial charge in [-0.1, -0.05) is 78.8 Å². The Balaban J connectivity index is 0.00000363. The van der Waals surface area contributed by atoms with E-state index in [2.05, 4.69) is 73.3 Å². The van der Waals surface area contributed by atoms with E-state index in [9.17, 15) is 0 Å². The van der Waals surface area contributed by atoms with Crippen molar-refractivity contribution in [3.8, 4) is 0 Å². The number of rotatable bonds is 7. The maximum atomic E-state index is 5.71. The van der Waals surface area contributed by atoms with E-state index in [1.807, 2.05) is 7.11 Å². The summed E-state index contributed by atoms with van der Waals surface area (Å²) in [4.78, 5) is 0. The predicted octanol–water partition coefficient (Wildman–Crippen LogP) is 9.23. The van der Waals surface area contributed by atoms with Gasteiger partial charge in [0.2, 0.25) is 0 Å². The smallest absolute Gasteiger partial charge is 0.0784 e. The highest BCUT2D eigenvalue weighted by Crippen LogP contribution is 2.60. The van der Waals surface area contributed by atoms with Gasteiger partial charge in [-0.2, -0.15) is 13.5 Å². The minimum atomic E-state index is 0. The predicted molar refractivity (Wildman–Crippen MR) is 150 cm³/mol. The molecule has 0 N–H and O–H groups in total. The molecule has 1 nitrogen and oxygen atoms in total. The van der Waals surface area contributed by atoms with Crippen molar-refractivity contribution in [1.29, 1.82) is 0 Å². The first-order chi connectivity index (χ1) is 14.5. The van der Waals surface area contributed by atoms with Gasteiger partial charge in [-0.3, -0.25) is 0 Å². The second kappa shape index (κ2) is 10.9. The quantitative estimate of drug-likeness (QED) is 0.341. The molecule has 3 saturated carbocycles. The average molecular weight is 465 g/mol. The molecule has 0 saturated heterocycles. The zero-order valence-electron chi connectivity index (χ0n) is 22.3. The molecule has 188 valence electrons. The largest absolute Gasteiger partial charge is 0.377 e. The summed E-state index contributed by atoms with van der Waals surface area (Å²) in [5, 5.41) is 0. The van der Waals surface area contributed by atoms with E-state index in [0.717, 1.165) is 24.2 Å². The fraction of sp³-hybridized carbons (Fsp3) is 0.800. The Kier molecular flexibility index (Phi) is 9.42. The van der Waals surface area contributed by atoms with E-state index in [1.54, 1.807) is 5.57 Å². The number of hydrogen-bond acceptors (Lipinski definition) is 1. The first kappa shape index (κ1) is 27.8. The second-order valence-electron chi connectivity index (χ2n) is 12.2. The van der Waals surface area contributed by atoms with Crippen molar-refractivity contribution >= 4 is 13.5 Å². The van der Waals surface area contributed by atoms with E-state index in [1.165, 1.54) is 44.1 Å². The zero-order valence-corrected chi connectivity index (χ0v) is 23.3. The van der Waals surface area contributed by atoms with E-state index in [-0.39, 0.29) is 27.9 Å². The lowest BCUT2D eigenvalue weighted by Gasteiger charge is -2.45. The Labute approximate surface area is 210 Å². The zero-order chi connectivity index (χ0) is 23.0. The third-order valence-corrected chi connectivity index (χ3v) is 10.2. The SMILES string of the molecule is C=C1[C@@H](OC)CCC1(C)C(C)/C=C1\CCC[C@@]2(C)C1CCC2[C@H](C)/C=C/[C@H](C)C(C)C.S.[HH].[HH]. The monoisotopic (exact) mass is 464 g/mol. The van der Waals surface area contributed by atoms with Gasteiger partial charge in [-0.25, -0.2) is 0 Å². The van der Waals surface area contributed by atoms with Gasteiger partial charge in [0, 0.05) is 9.96 Å². The average Bonchev–Trinajstić information content (AvgIpc) is 3.23. The van der Waals surface area contributed by atoms with Crippen LogP contribution in [0.1, 0.15) is 96.3 Å². The lowest BCUT2D eigenvalue weighted by atomic mass is 9.60. The summed E-state index contributed by atoms with van der Waals surface area (Å²) in [5.41, 5.74) is 3.74. The van der Waals surface area contributed by atoms with Crippen molar-refractivity contribution < 1.29 is 7.59 Å². The van der Waals surface area contributed by atoms with Gasteiger partial charge in [0.1, 0.15) is 0 Å². The van der Waals surface area contributed by atoms with Gasteiger partial charge >= 0.3 is 0 Å². The van der Waals surface area contributed by atoms with E-state index in [4.69, 9.17) is 4.74 Å². The molecule has 0 aromatic heterocycles. The van der Waals surface area contributed by atoms with Crippen LogP contribution in [0.25, 0.3) is 0 Å². The Hall–Kier alpha value is -0.470. The van der Waals surface area contributed by atoms with Crippen molar-refractivity contribution in [1.82, 2.24) is 0 Å². The van der Waals surface area contributed by atoms with Gasteiger partial charge in [-0.15, -0.1) is 0 Å². The Morgan fingerprint density at radius 3 is 2.31 bits per heavy atom. The summed E-state index contributed by atoms with van der Waals surface area (Å²) >= 11 is 0. The number of ether oxygens (including phenoxy) is 1. The molecule has 0 amide bonds. The number of fused-ring (bicyclic) bond motifs is 1. The second-order valence-corrected chi connectivity index (χ2v) is 12.2. The van der Waals surface area contributed by atoms with Crippen molar-refractivity contribution in [3.63, 3.8) is 0 Å². The molecule has 3 aliphatic carbocycles. The number of allylic oxidation sites excluding steroid dienone is 4. The third kappa shape index (κ3) is 5.12. The lowest BCUT2D eigenvalue weighted by Crippen LogP contribution is -2.36. The van der Waals surface area contributed by atoms with Crippen LogP contribution in [0.3, 0.4) is 0 Å². The molecule has 4 unspecified atom stereocenters. The molecule has 3 fully saturated rings. The van der Waals surface area contributed by atoms with Crippen LogP contribution in [0.2, 0.25) is 0 Å². The van der Waals surface area contributed by atoms with Crippen LogP contribution < -0.4 is 0 Å². The van der Waals surface area contributed by atoms with Gasteiger partial charge < -0.3 is 4.74 Å². The van der Waals surface area contributed by atoms with Crippen LogP contribution in [0, 0.1) is 46.3 Å². The maximum Gasteiger partial charge on any atom is 0.0784 e. The van der Waals surface area contributed by atoms with E-state index in [0.29, 0.717) is 23.2 Å². The van der Waals surface area contributed by atoms with E-state index < -0.39 is 0 Å². The van der Waals surface area contributed by atoms with Gasteiger partial charge in [0.15, 0.2) is 0 Å². The summed E-state index contributed by atoms with van der Waals surface area (Å²) in [7, 11) is 1.84. The minimum Gasteiger partial charge on any atom is -0.377 e. The van der Waals surface area contributed by atoms with Crippen LogP contribution in [0.4, 0.5) is 0 Å². The first-order valence-corrected chi connectivity index (χ1v) is 13.2. The van der Waals surface area contributed by atoms with Gasteiger partial charge in [-0.05, 0) is 96.9 Å². The highest BCUT2D eigenvalue weighted by atomic mass is 32.1. The molecule has 0 aromatic carbocycles. The van der Waals surface area contributed by atoms with Crippen LogP contribution in [0.15, 0.2) is 36.0 Å². The van der Waals surface area contributed by atoms with Crippen LogP contribution in [-0.4, -0.2) is 13.2 Å². The minimum absolute atomic E-state index is 0. The molecule has 0 radical (unpaired) electrons. The maximum absolute atomic E-state index is 5.71. The summed E-state index contributed by atoms with van der Waals surface area (Å²) in [6.07, 6.45) is 17.2. The van der Waals surface area contributed by atoms with Crippen LogP contribution in [0.5, 0.6) is 0 Å². The molecular weight excluding hydrogens is 408 g/mol. The standard InChI is InChI=1S/C30H50O.H2S.2H2/c1-20(2)21(3)12-13-22(4)26-14-15-27-25(11-10-17-30(26,27)8)19-23(5)29(7)18-16-28(31-9)24(29)6;;;/h12-13,19-23,26-28H,6,10-11,14-18H2,1-5,7-9H3;1H2;2*1H/b13-12+,25-19+;;;/t21-,22+,23?,26?,27?,28-,29?,30+;;;/m0.../s1. The van der Waals surface area contributed by atoms with Crippen LogP contribution >= 0.6 is 13.5 Å². The topological polar surface area (TPSA) is 9.23 Å². The summed E-state index contributed by atoms with van der Waals surface area (Å²) in [6.45, 7) is 21.5. The Morgan fingerprint density at radius 2 is 1.72 bits per heavy atom. The molecule has 0 heterocycles. The molecule has 0 aromatic rings. The van der Waals surface area contributed by atoms with Crippen LogP contribution in [-0.2, 0) is 4.74 Å². The highest BCUT2D eigenvalue weighted by Gasteiger charge is 2.51. The van der Waals surface area contributed by atoms with Crippen molar-refractivity contribution in [2.45, 2.75) is 99.5 Å². The molecule has 2 heteroatoms. The first-order valence-electron chi connectivity index (χ1n) is 13.2. The Morgan fingerprint density at radius 1 is 1.03 bits per heavy atom. The molecule has 0 spiro atoms. The van der Waals surface area contributed by atoms with E-state index >= 15 is 0 Å². The number of hydrogen-bond donors (Lipinski definition) is 0. The Bertz CT molecular complexity index is 717. The molecule has 0 aliphatic heterocycles. The fourth-order valence-electron chi connectivity index (χ4n) is 7.27. The van der Waals surface area contributed by atoms with Crippen molar-refractivity contribution in [2.75, 3.05) is 7.11 Å². The lowest BCUT2D eigenvalue weighted by molar-refractivity contribution is 0.110. The van der Waals surface area contributed by atoms with Crippen molar-refractivity contribution in [3.05, 3.63) is 36.0 Å². The summed E-state index contributed by atoms with van der Waals surface area (Å²) < 4.78 is 5.71. The molecule has 3 aliphatic rings. The summed E-state index contributed by atoms with van der Waals surface area (Å²) in [5.74, 6) is 4.23. The molecule has 8 atom stereocenters.